The first-order valence-electron chi connectivity index (χ1n) is 10.1. The highest BCUT2D eigenvalue weighted by atomic mass is 35.5. The molecule has 1 aliphatic heterocycles. The molecule has 33 heavy (non-hydrogen) atoms. The number of nitrogens with zero attached hydrogens (tertiary/aromatic N) is 3. The molecule has 0 bridgehead atoms. The maximum Gasteiger partial charge on any atom is 0.258 e. The smallest absolute Gasteiger partial charge is 0.258 e. The van der Waals surface area contributed by atoms with E-state index in [-0.39, 0.29) is 6.04 Å². The van der Waals surface area contributed by atoms with Gasteiger partial charge in [0, 0.05) is 16.4 Å². The molecule has 1 aliphatic rings. The number of aromatic nitrogens is 2. The number of thiocarbonyl (C=S) groups is 1. The first kappa shape index (κ1) is 21.6. The molecule has 2 aromatic heterocycles. The van der Waals surface area contributed by atoms with E-state index in [4.69, 9.17) is 38.1 Å². The third-order valence-corrected chi connectivity index (χ3v) is 6.80. The van der Waals surface area contributed by atoms with E-state index in [2.05, 4.69) is 10.5 Å². The number of thiophene rings is 1. The number of halogens is 1. The fraction of sp³-hybridized carbons (Fsp3) is 0.125. The minimum atomic E-state index is -0.282. The molecule has 1 unspecified atom stereocenters. The maximum atomic E-state index is 6.27. The van der Waals surface area contributed by atoms with Crippen molar-refractivity contribution >= 4 is 51.5 Å². The summed E-state index contributed by atoms with van der Waals surface area (Å²) in [7, 11) is 1.64. The standard InChI is InChI=1S/C24H19ClN4O2S2/c1-14-20(23-27-22(28-31-23)19-7-4-12-33-19)21(15-8-10-18(30-2)11-9-15)26-24(32)29(14)17-6-3-5-16(25)13-17/h3-13,21H,1-2H3,(H,26,32). The molecule has 9 heteroatoms. The number of benzene rings is 2. The van der Waals surface area contributed by atoms with Gasteiger partial charge in [-0.25, -0.2) is 0 Å². The summed E-state index contributed by atoms with van der Waals surface area (Å²) in [6.07, 6.45) is 0. The quantitative estimate of drug-likeness (QED) is 0.325. The monoisotopic (exact) mass is 494 g/mol. The molecule has 0 radical (unpaired) electrons. The molecule has 5 rings (SSSR count). The Kier molecular flexibility index (Phi) is 5.88. The second kappa shape index (κ2) is 8.97. The van der Waals surface area contributed by atoms with E-state index in [1.165, 1.54) is 0 Å². The van der Waals surface area contributed by atoms with Crippen molar-refractivity contribution in [3.05, 3.63) is 88.2 Å². The van der Waals surface area contributed by atoms with Crippen molar-refractivity contribution in [3.63, 3.8) is 0 Å². The number of methoxy groups -OCH3 is 1. The zero-order valence-electron chi connectivity index (χ0n) is 17.8. The summed E-state index contributed by atoms with van der Waals surface area (Å²) in [6, 6.07) is 19.0. The van der Waals surface area contributed by atoms with E-state index in [0.717, 1.165) is 33.1 Å². The molecule has 2 aromatic carbocycles. The fourth-order valence-corrected chi connectivity index (χ4v) is 5.03. The van der Waals surface area contributed by atoms with Gasteiger partial charge in [0.2, 0.25) is 5.82 Å². The van der Waals surface area contributed by atoms with Crippen molar-refractivity contribution in [2.24, 2.45) is 0 Å². The van der Waals surface area contributed by atoms with Crippen LogP contribution in [0.25, 0.3) is 16.3 Å². The summed E-state index contributed by atoms with van der Waals surface area (Å²) in [5, 5.41) is 10.8. The Balaban J connectivity index is 1.65. The topological polar surface area (TPSA) is 63.4 Å². The molecule has 0 fully saturated rings. The first-order chi connectivity index (χ1) is 16.0. The average Bonchev–Trinajstić information content (AvgIpc) is 3.51. The molecule has 0 amide bonds. The van der Waals surface area contributed by atoms with Crippen LogP contribution in [0.1, 0.15) is 24.4 Å². The molecule has 1 N–H and O–H groups in total. The van der Waals surface area contributed by atoms with E-state index < -0.39 is 0 Å². The lowest BCUT2D eigenvalue weighted by Gasteiger charge is -2.37. The average molecular weight is 495 g/mol. The van der Waals surface area contributed by atoms with Crippen molar-refractivity contribution < 1.29 is 9.26 Å². The van der Waals surface area contributed by atoms with Crippen molar-refractivity contribution in [1.29, 1.82) is 0 Å². The van der Waals surface area contributed by atoms with Crippen molar-refractivity contribution in [3.8, 4) is 16.5 Å². The van der Waals surface area contributed by atoms with Crippen LogP contribution in [0.4, 0.5) is 5.69 Å². The highest BCUT2D eigenvalue weighted by Gasteiger charge is 2.35. The number of rotatable bonds is 5. The third kappa shape index (κ3) is 4.13. The molecule has 6 nitrogen and oxygen atoms in total. The summed E-state index contributed by atoms with van der Waals surface area (Å²) in [4.78, 5) is 7.60. The second-order valence-electron chi connectivity index (χ2n) is 7.37. The lowest BCUT2D eigenvalue weighted by Crippen LogP contribution is -2.46. The molecule has 166 valence electrons. The van der Waals surface area contributed by atoms with Gasteiger partial charge in [0.1, 0.15) is 5.75 Å². The second-order valence-corrected chi connectivity index (χ2v) is 9.14. The third-order valence-electron chi connectivity index (χ3n) is 5.40. The molecule has 0 aliphatic carbocycles. The van der Waals surface area contributed by atoms with Crippen LogP contribution < -0.4 is 15.0 Å². The highest BCUT2D eigenvalue weighted by Crippen LogP contribution is 2.40. The van der Waals surface area contributed by atoms with Crippen LogP contribution in [0.3, 0.4) is 0 Å². The van der Waals surface area contributed by atoms with Crippen LogP contribution in [0, 0.1) is 0 Å². The predicted octanol–water partition coefficient (Wildman–Crippen LogP) is 6.33. The van der Waals surface area contributed by atoms with E-state index in [0.29, 0.717) is 21.9 Å². The molecule has 3 heterocycles. The molecule has 4 aromatic rings. The minimum Gasteiger partial charge on any atom is -0.497 e. The molecule has 0 saturated heterocycles. The number of nitrogens with one attached hydrogen (secondary N) is 1. The van der Waals surface area contributed by atoms with Gasteiger partial charge in [-0.15, -0.1) is 11.3 Å². The molecule has 0 saturated carbocycles. The van der Waals surface area contributed by atoms with Gasteiger partial charge < -0.3 is 14.6 Å². The van der Waals surface area contributed by atoms with Crippen LogP contribution in [-0.2, 0) is 0 Å². The van der Waals surface area contributed by atoms with Gasteiger partial charge in [-0.1, -0.05) is 41.0 Å². The molecule has 1 atom stereocenters. The Hall–Kier alpha value is -3.20. The highest BCUT2D eigenvalue weighted by molar-refractivity contribution is 7.80. The SMILES string of the molecule is COc1ccc(C2NC(=S)N(c3cccc(Cl)c3)C(C)=C2c2nc(-c3cccs3)no2)cc1. The Morgan fingerprint density at radius 1 is 1.15 bits per heavy atom. The van der Waals surface area contributed by atoms with Gasteiger partial charge in [-0.05, 0) is 66.5 Å². The van der Waals surface area contributed by atoms with Crippen molar-refractivity contribution in [2.75, 3.05) is 12.0 Å². The summed E-state index contributed by atoms with van der Waals surface area (Å²) in [5.41, 5.74) is 3.56. The summed E-state index contributed by atoms with van der Waals surface area (Å²) in [6.45, 7) is 1.99. The molecular weight excluding hydrogens is 476 g/mol. The van der Waals surface area contributed by atoms with E-state index >= 15 is 0 Å². The van der Waals surface area contributed by atoms with Gasteiger partial charge in [-0.2, -0.15) is 4.98 Å². The number of ether oxygens (including phenoxy) is 1. The van der Waals surface area contributed by atoms with Crippen LogP contribution in [0.15, 0.2) is 76.3 Å². The Morgan fingerprint density at radius 2 is 1.97 bits per heavy atom. The van der Waals surface area contributed by atoms with Gasteiger partial charge in [0.05, 0.1) is 23.6 Å². The number of hydrogen-bond donors (Lipinski definition) is 1. The summed E-state index contributed by atoms with van der Waals surface area (Å²) >= 11 is 13.6. The fourth-order valence-electron chi connectivity index (χ4n) is 3.83. The lowest BCUT2D eigenvalue weighted by atomic mass is 9.94. The van der Waals surface area contributed by atoms with E-state index in [9.17, 15) is 0 Å². The Morgan fingerprint density at radius 3 is 2.67 bits per heavy atom. The number of anilines is 1. The largest absolute Gasteiger partial charge is 0.497 e. The van der Waals surface area contributed by atoms with Crippen LogP contribution in [0.5, 0.6) is 5.75 Å². The molecule has 0 spiro atoms. The summed E-state index contributed by atoms with van der Waals surface area (Å²) < 4.78 is 11.1. The maximum absolute atomic E-state index is 6.27. The van der Waals surface area contributed by atoms with Crippen molar-refractivity contribution in [1.82, 2.24) is 15.5 Å². The van der Waals surface area contributed by atoms with Crippen LogP contribution >= 0.6 is 35.2 Å². The van der Waals surface area contributed by atoms with Gasteiger partial charge in [-0.3, -0.25) is 4.90 Å². The first-order valence-corrected chi connectivity index (χ1v) is 11.8. The van der Waals surface area contributed by atoms with E-state index in [1.807, 2.05) is 77.9 Å². The van der Waals surface area contributed by atoms with Crippen LogP contribution in [0.2, 0.25) is 5.02 Å². The van der Waals surface area contributed by atoms with Gasteiger partial charge >= 0.3 is 0 Å². The van der Waals surface area contributed by atoms with Gasteiger partial charge in [0.15, 0.2) is 5.11 Å². The van der Waals surface area contributed by atoms with Crippen molar-refractivity contribution in [2.45, 2.75) is 13.0 Å². The number of allylic oxidation sites excluding steroid dienone is 1. The van der Waals surface area contributed by atoms with Gasteiger partial charge in [0.25, 0.3) is 5.89 Å². The zero-order chi connectivity index (χ0) is 22.9. The normalized spacial score (nSPS) is 16.2. The Labute approximate surface area is 205 Å². The zero-order valence-corrected chi connectivity index (χ0v) is 20.2. The minimum absolute atomic E-state index is 0.282. The van der Waals surface area contributed by atoms with E-state index in [1.54, 1.807) is 18.4 Å². The lowest BCUT2D eigenvalue weighted by molar-refractivity contribution is 0.404. The summed E-state index contributed by atoms with van der Waals surface area (Å²) in [5.74, 6) is 1.76. The Bertz CT molecular complexity index is 1330. The van der Waals surface area contributed by atoms with Crippen LogP contribution in [-0.4, -0.2) is 22.4 Å². The number of hydrogen-bond acceptors (Lipinski definition) is 6. The molecular formula is C24H19ClN4O2S2. The predicted molar refractivity (Wildman–Crippen MR) is 136 cm³/mol.